The van der Waals surface area contributed by atoms with Gasteiger partial charge in [0.2, 0.25) is 0 Å². The summed E-state index contributed by atoms with van der Waals surface area (Å²) in [7, 11) is 0. The van der Waals surface area contributed by atoms with E-state index in [0.29, 0.717) is 5.82 Å². The largest absolute Gasteiger partial charge is 0.452 e. The Bertz CT molecular complexity index is 9400. The number of hydrogen-bond acceptors (Lipinski definition) is 18. The molecule has 18 heteroatoms. The van der Waals surface area contributed by atoms with Gasteiger partial charge < -0.3 is 26.5 Å². The number of nitrogens with zero attached hydrogens (tertiary/aromatic N) is 12. The van der Waals surface area contributed by atoms with E-state index < -0.39 is 0 Å². The van der Waals surface area contributed by atoms with Crippen LogP contribution in [0.25, 0.3) is 256 Å². The number of aromatic nitrogens is 12. The minimum absolute atomic E-state index is 0.707. The van der Waals surface area contributed by atoms with Crippen molar-refractivity contribution in [3.8, 4) is 123 Å². The monoisotopic (exact) mass is 1860 g/mol. The molecule has 144 heavy (non-hydrogen) atoms. The maximum atomic E-state index is 6.30. The number of fused-ring (bicyclic) bond motifs is 18. The molecule has 0 amide bonds. The molecule has 12 aromatic heterocycles. The summed E-state index contributed by atoms with van der Waals surface area (Å²) in [5.41, 5.74) is 35.7. The molecular weight excluding hydrogens is 1780 g/mol. The average Bonchev–Trinajstić information content (AvgIpc) is 1.64. The lowest BCUT2D eigenvalue weighted by molar-refractivity contribution is 0.667. The molecule has 18 nitrogen and oxygen atoms in total. The fraction of sp³-hybridized carbons (Fsp3) is 0. The van der Waals surface area contributed by atoms with Crippen LogP contribution in [0.1, 0.15) is 0 Å². The first kappa shape index (κ1) is 86.8. The maximum absolute atomic E-state index is 6.30. The van der Waals surface area contributed by atoms with E-state index >= 15 is 0 Å². The Morgan fingerprint density at radius 3 is 0.875 bits per heavy atom. The van der Waals surface area contributed by atoms with E-state index in [1.54, 1.807) is 31.6 Å². The van der Waals surface area contributed by atoms with Crippen LogP contribution in [-0.2, 0) is 0 Å². The predicted molar refractivity (Wildman–Crippen MR) is 576 cm³/mol. The summed E-state index contributed by atoms with van der Waals surface area (Å²) in [5.74, 6) is 0.707. The molecule has 0 aliphatic rings. The molecule has 12 heterocycles. The lowest BCUT2D eigenvalue weighted by atomic mass is 10.0. The molecule has 0 radical (unpaired) electrons. The average molecular weight is 1860 g/mol. The molecule has 0 aliphatic heterocycles. The number of rotatable bonds is 11. The zero-order chi connectivity index (χ0) is 95.9. The molecule has 0 atom stereocenters. The van der Waals surface area contributed by atoms with Crippen LogP contribution in [-0.4, -0.2) is 59.8 Å². The highest BCUT2D eigenvalue weighted by Gasteiger charge is 2.25. The highest BCUT2D eigenvalue weighted by Crippen LogP contribution is 2.45. The van der Waals surface area contributed by atoms with Crippen LogP contribution in [0.15, 0.2) is 513 Å². The van der Waals surface area contributed by atoms with Crippen LogP contribution in [0, 0.1) is 0 Å². The number of hydrogen-bond donors (Lipinski definition) is 0. The fourth-order valence-corrected chi connectivity index (χ4v) is 18.3. The zero-order valence-electron chi connectivity index (χ0n) is 77.0. The molecule has 680 valence electrons. The van der Waals surface area contributed by atoms with Crippen molar-refractivity contribution in [3.05, 3.63) is 487 Å². The van der Waals surface area contributed by atoms with E-state index in [9.17, 15) is 0 Å². The van der Waals surface area contributed by atoms with Crippen molar-refractivity contribution in [2.24, 2.45) is 0 Å². The summed E-state index contributed by atoms with van der Waals surface area (Å²) in [6, 6.07) is 152. The molecule has 0 spiro atoms. The van der Waals surface area contributed by atoms with Gasteiger partial charge in [-0.3, -0.25) is 0 Å². The van der Waals surface area contributed by atoms with Crippen molar-refractivity contribution >= 4 is 132 Å². The second kappa shape index (κ2) is 39.3. The Labute approximate surface area is 823 Å². The Balaban J connectivity index is 0.0000000932. The SMILES string of the molecule is c1ccc(-c2ccc3c(c2)oc2c(-c4ccccc4)ncnc23)cc1.c1ccc(-c2ccc3oc4c(-c5ccccc5)ncnc4c3c2)cc1.c1ccc(-c2cccc3c2oc2c(-c4ccccc4)ncnc23)cc1.c1ccc(-c2nc(-c3ccccc3)c3oc4ccccc4c3n2)cc1.c1ccc(-c2ncnc3c2oc2cccc(-c4ccccc4)c23)cc1.c1ccc(-c2ncnc3c2oc2ccccc23)cc1. The van der Waals surface area contributed by atoms with Gasteiger partial charge in [0.15, 0.2) is 39.3 Å². The Kier molecular flexibility index (Phi) is 23.7. The summed E-state index contributed by atoms with van der Waals surface area (Å²) < 4.78 is 36.8. The lowest BCUT2D eigenvalue weighted by Gasteiger charge is -2.05. The minimum atomic E-state index is 0.707. The van der Waals surface area contributed by atoms with Gasteiger partial charge in [-0.15, -0.1) is 0 Å². The van der Waals surface area contributed by atoms with E-state index in [0.717, 1.165) is 239 Å². The van der Waals surface area contributed by atoms with E-state index in [1.165, 1.54) is 11.1 Å². The van der Waals surface area contributed by atoms with E-state index in [4.69, 9.17) is 36.5 Å². The van der Waals surface area contributed by atoms with Gasteiger partial charge in [0.1, 0.15) is 132 Å². The van der Waals surface area contributed by atoms with Gasteiger partial charge >= 0.3 is 0 Å². The van der Waals surface area contributed by atoms with Crippen molar-refractivity contribution in [2.45, 2.75) is 0 Å². The van der Waals surface area contributed by atoms with Crippen molar-refractivity contribution in [1.82, 2.24) is 59.8 Å². The van der Waals surface area contributed by atoms with Gasteiger partial charge in [-0.05, 0) is 99.6 Å². The third-order valence-electron chi connectivity index (χ3n) is 25.1. The van der Waals surface area contributed by atoms with E-state index in [-0.39, 0.29) is 0 Å². The normalized spacial score (nSPS) is 11.2. The third kappa shape index (κ3) is 17.2. The molecule has 29 rings (SSSR count). The first-order valence-corrected chi connectivity index (χ1v) is 47.0. The molecule has 29 aromatic rings. The summed E-state index contributed by atoms with van der Waals surface area (Å²) in [4.78, 5) is 54.2. The minimum Gasteiger partial charge on any atom is -0.452 e. The van der Waals surface area contributed by atoms with Gasteiger partial charge in [-0.25, -0.2) is 59.8 Å². The van der Waals surface area contributed by atoms with E-state index in [1.807, 2.05) is 358 Å². The Morgan fingerprint density at radius 1 is 0.139 bits per heavy atom. The first-order valence-electron chi connectivity index (χ1n) is 47.0. The molecule has 0 saturated heterocycles. The first-order chi connectivity index (χ1) is 71.5. The van der Waals surface area contributed by atoms with Crippen molar-refractivity contribution in [3.63, 3.8) is 0 Å². The summed E-state index contributed by atoms with van der Waals surface area (Å²) in [6.07, 6.45) is 8.02. The quantitative estimate of drug-likeness (QED) is 0.117. The van der Waals surface area contributed by atoms with Gasteiger partial charge in [-0.1, -0.05) is 394 Å². The summed E-state index contributed by atoms with van der Waals surface area (Å²) in [5, 5.41) is 6.09. The fourth-order valence-electron chi connectivity index (χ4n) is 18.3. The van der Waals surface area contributed by atoms with Gasteiger partial charge in [0.05, 0.1) is 5.39 Å². The van der Waals surface area contributed by atoms with Crippen molar-refractivity contribution in [2.75, 3.05) is 0 Å². The Morgan fingerprint density at radius 2 is 0.424 bits per heavy atom. The molecule has 17 aromatic carbocycles. The smallest absolute Gasteiger partial charge is 0.180 e. The summed E-state index contributed by atoms with van der Waals surface area (Å²) >= 11 is 0. The third-order valence-corrected chi connectivity index (χ3v) is 25.1. The summed E-state index contributed by atoms with van der Waals surface area (Å²) in [6.45, 7) is 0. The highest BCUT2D eigenvalue weighted by atomic mass is 16.4. The molecule has 0 unspecified atom stereocenters. The predicted octanol–water partition coefficient (Wildman–Crippen LogP) is 32.6. The second-order valence-corrected chi connectivity index (χ2v) is 34.0. The standard InChI is InChI=1S/5C22H14N2O.C16H10N2O/c1-3-9-15(10-4-1)19-21-20(17-13-7-8-14-18(17)25-21)24-22(23-19)16-11-5-2-6-12-16;1-3-8-15(9-4-1)17-12-7-13-18-19(17)21-22(25-18)20(23-14-24-21)16-10-5-2-6-11-16;1-3-8-15(9-4-1)17-12-7-13-18-20-22(25-21(17)18)19(23-14-24-20)16-10-5-2-6-11-16;1-3-7-15(8-4-1)17-11-12-19-18(13-17)21-22(25-19)20(23-14-24-21)16-9-5-2-6-10-16;1-3-7-15(8-4-1)17-11-12-18-19(13-17)25-22-20(23-14-24-21(18)22)16-9-5-2-6-10-16;1-2-6-11(7-3-1)14-16-15(18-10-17-14)12-8-4-5-9-13(12)19-16/h5*1-14H;1-10H. The van der Waals surface area contributed by atoms with Gasteiger partial charge in [-0.2, -0.15) is 0 Å². The van der Waals surface area contributed by atoms with Crippen LogP contribution in [0.5, 0.6) is 0 Å². The number of para-hydroxylation sites is 3. The maximum Gasteiger partial charge on any atom is 0.180 e. The topological polar surface area (TPSA) is 234 Å². The molecular formula is C126H80N12O6. The molecule has 0 saturated carbocycles. The number of furan rings is 6. The van der Waals surface area contributed by atoms with Crippen LogP contribution in [0.2, 0.25) is 0 Å². The zero-order valence-corrected chi connectivity index (χ0v) is 77.0. The molecule has 0 aliphatic carbocycles. The van der Waals surface area contributed by atoms with Crippen LogP contribution in [0.3, 0.4) is 0 Å². The van der Waals surface area contributed by atoms with Crippen molar-refractivity contribution in [1.29, 1.82) is 0 Å². The van der Waals surface area contributed by atoms with Crippen LogP contribution < -0.4 is 0 Å². The molecule has 0 fully saturated rings. The lowest BCUT2D eigenvalue weighted by Crippen LogP contribution is -1.93. The van der Waals surface area contributed by atoms with Crippen molar-refractivity contribution < 1.29 is 26.5 Å². The van der Waals surface area contributed by atoms with E-state index in [2.05, 4.69) is 147 Å². The molecule has 0 N–H and O–H groups in total. The van der Waals surface area contributed by atoms with Crippen LogP contribution in [0.4, 0.5) is 0 Å². The molecule has 0 bridgehead atoms. The Hall–Kier alpha value is -20.0. The highest BCUT2D eigenvalue weighted by molar-refractivity contribution is 6.15. The van der Waals surface area contributed by atoms with Crippen LogP contribution >= 0.6 is 0 Å². The van der Waals surface area contributed by atoms with Gasteiger partial charge in [0, 0.05) is 71.4 Å². The van der Waals surface area contributed by atoms with Gasteiger partial charge in [0.25, 0.3) is 0 Å². The second-order valence-electron chi connectivity index (χ2n) is 34.0. The number of benzene rings is 17.